The van der Waals surface area contributed by atoms with Crippen LogP contribution in [-0.2, 0) is 12.0 Å². The van der Waals surface area contributed by atoms with E-state index in [1.807, 2.05) is 4.57 Å². The van der Waals surface area contributed by atoms with Gasteiger partial charge < -0.3 is 4.57 Å². The highest BCUT2D eigenvalue weighted by Gasteiger charge is 2.20. The quantitative estimate of drug-likeness (QED) is 0.681. The van der Waals surface area contributed by atoms with Crippen LogP contribution in [0.1, 0.15) is 33.5 Å². The van der Waals surface area contributed by atoms with E-state index in [9.17, 15) is 0 Å². The molecule has 1 aromatic heterocycles. The fourth-order valence-electron chi connectivity index (χ4n) is 1.18. The molecule has 0 unspecified atom stereocenters. The number of hydrogen-bond donors (Lipinski definition) is 1. The number of aromatic nitrogens is 3. The summed E-state index contributed by atoms with van der Waals surface area (Å²) < 4.78 is 2.73. The minimum atomic E-state index is 0.0591. The van der Waals surface area contributed by atoms with Crippen LogP contribution in [0.2, 0.25) is 0 Å². The van der Waals surface area contributed by atoms with Crippen molar-refractivity contribution in [3.8, 4) is 0 Å². The summed E-state index contributed by atoms with van der Waals surface area (Å²) in [5.41, 5.74) is 0.0591. The Hall–Kier alpha value is -0.640. The van der Waals surface area contributed by atoms with E-state index in [2.05, 4.69) is 37.9 Å². The highest BCUT2D eigenvalue weighted by Crippen LogP contribution is 2.19. The third-order valence-electron chi connectivity index (χ3n) is 1.75. The van der Waals surface area contributed by atoms with Crippen molar-refractivity contribution in [1.82, 2.24) is 14.8 Å². The predicted octanol–water partition coefficient (Wildman–Crippen LogP) is 2.26. The molecule has 0 amide bonds. The normalized spacial score (nSPS) is 12.0. The molecule has 1 rings (SSSR count). The van der Waals surface area contributed by atoms with Gasteiger partial charge in [-0.3, -0.25) is 5.10 Å². The zero-order chi connectivity index (χ0) is 9.35. The summed E-state index contributed by atoms with van der Waals surface area (Å²) in [6.07, 6.45) is 0. The van der Waals surface area contributed by atoms with Gasteiger partial charge >= 0.3 is 0 Å². The van der Waals surface area contributed by atoms with E-state index in [0.29, 0.717) is 4.77 Å². The van der Waals surface area contributed by atoms with E-state index >= 15 is 0 Å². The van der Waals surface area contributed by atoms with Crippen LogP contribution in [0, 0.1) is 4.77 Å². The first-order valence-electron chi connectivity index (χ1n) is 4.12. The van der Waals surface area contributed by atoms with Crippen LogP contribution in [0.4, 0.5) is 0 Å². The van der Waals surface area contributed by atoms with Crippen LogP contribution < -0.4 is 0 Å². The molecule has 1 N–H and O–H groups in total. The Morgan fingerprint density at radius 3 is 2.42 bits per heavy atom. The number of nitrogens with zero attached hydrogens (tertiary/aromatic N) is 2. The molecule has 1 heterocycles. The molecule has 0 aliphatic carbocycles. The van der Waals surface area contributed by atoms with Gasteiger partial charge in [0.05, 0.1) is 0 Å². The Balaban J connectivity index is 3.26. The van der Waals surface area contributed by atoms with Crippen LogP contribution in [0.5, 0.6) is 0 Å². The summed E-state index contributed by atoms with van der Waals surface area (Å²) >= 11 is 5.09. The SMILES string of the molecule is CCn1c(C(C)(C)C)n[nH]c1=S. The minimum absolute atomic E-state index is 0.0591. The Morgan fingerprint density at radius 1 is 1.50 bits per heavy atom. The molecular weight excluding hydrogens is 170 g/mol. The Kier molecular flexibility index (Phi) is 2.37. The van der Waals surface area contributed by atoms with E-state index in [4.69, 9.17) is 12.2 Å². The smallest absolute Gasteiger partial charge is 0.195 e. The van der Waals surface area contributed by atoms with Gasteiger partial charge in [0.25, 0.3) is 0 Å². The first-order chi connectivity index (χ1) is 5.46. The topological polar surface area (TPSA) is 33.6 Å². The van der Waals surface area contributed by atoms with Gasteiger partial charge in [-0.25, -0.2) is 0 Å². The first-order valence-corrected chi connectivity index (χ1v) is 4.53. The lowest BCUT2D eigenvalue weighted by Gasteiger charge is -2.17. The monoisotopic (exact) mass is 185 g/mol. The van der Waals surface area contributed by atoms with Crippen molar-refractivity contribution in [2.24, 2.45) is 0 Å². The minimum Gasteiger partial charge on any atom is -0.304 e. The Morgan fingerprint density at radius 2 is 2.08 bits per heavy atom. The molecule has 0 radical (unpaired) electrons. The first kappa shape index (κ1) is 9.45. The highest BCUT2D eigenvalue weighted by atomic mass is 32.1. The lowest BCUT2D eigenvalue weighted by Crippen LogP contribution is -2.18. The van der Waals surface area contributed by atoms with E-state index in [-0.39, 0.29) is 5.41 Å². The molecule has 0 aliphatic heterocycles. The van der Waals surface area contributed by atoms with Crippen LogP contribution >= 0.6 is 12.2 Å². The van der Waals surface area contributed by atoms with Crippen molar-refractivity contribution in [1.29, 1.82) is 0 Å². The van der Waals surface area contributed by atoms with E-state index in [1.54, 1.807) is 0 Å². The largest absolute Gasteiger partial charge is 0.304 e. The van der Waals surface area contributed by atoms with Crippen molar-refractivity contribution in [3.05, 3.63) is 10.6 Å². The van der Waals surface area contributed by atoms with E-state index in [1.165, 1.54) is 0 Å². The number of nitrogens with one attached hydrogen (secondary N) is 1. The molecule has 0 atom stereocenters. The fourth-order valence-corrected chi connectivity index (χ4v) is 1.44. The number of rotatable bonds is 1. The average Bonchev–Trinajstić information content (AvgIpc) is 2.29. The van der Waals surface area contributed by atoms with Gasteiger partial charge in [0, 0.05) is 12.0 Å². The summed E-state index contributed by atoms with van der Waals surface area (Å²) in [7, 11) is 0. The number of aromatic amines is 1. The van der Waals surface area contributed by atoms with Gasteiger partial charge in [-0.15, -0.1) is 0 Å². The van der Waals surface area contributed by atoms with Crippen LogP contribution in [0.3, 0.4) is 0 Å². The molecule has 0 fully saturated rings. The molecule has 1 aromatic rings. The molecule has 0 aliphatic rings. The number of H-pyrrole nitrogens is 1. The van der Waals surface area contributed by atoms with Crippen molar-refractivity contribution in [3.63, 3.8) is 0 Å². The highest BCUT2D eigenvalue weighted by molar-refractivity contribution is 7.71. The maximum Gasteiger partial charge on any atom is 0.195 e. The average molecular weight is 185 g/mol. The molecule has 0 saturated carbocycles. The number of hydrogen-bond acceptors (Lipinski definition) is 2. The van der Waals surface area contributed by atoms with Crippen molar-refractivity contribution in [2.45, 2.75) is 39.7 Å². The van der Waals surface area contributed by atoms with Gasteiger partial charge in [0.1, 0.15) is 5.82 Å². The molecule has 4 heteroatoms. The second-order valence-electron chi connectivity index (χ2n) is 3.85. The summed E-state index contributed by atoms with van der Waals surface area (Å²) in [5.74, 6) is 1.02. The van der Waals surface area contributed by atoms with Crippen molar-refractivity contribution >= 4 is 12.2 Å². The summed E-state index contributed by atoms with van der Waals surface area (Å²) in [6, 6.07) is 0. The Labute approximate surface area is 77.8 Å². The van der Waals surface area contributed by atoms with Gasteiger partial charge in [0.2, 0.25) is 0 Å². The van der Waals surface area contributed by atoms with Crippen LogP contribution in [-0.4, -0.2) is 14.8 Å². The maximum absolute atomic E-state index is 5.09. The van der Waals surface area contributed by atoms with Crippen LogP contribution in [0.15, 0.2) is 0 Å². The zero-order valence-corrected chi connectivity index (χ0v) is 8.83. The molecule has 3 nitrogen and oxygen atoms in total. The lowest BCUT2D eigenvalue weighted by molar-refractivity contribution is 0.503. The summed E-state index contributed by atoms with van der Waals surface area (Å²) in [6.45, 7) is 9.33. The van der Waals surface area contributed by atoms with Crippen LogP contribution in [0.25, 0.3) is 0 Å². The van der Waals surface area contributed by atoms with Gasteiger partial charge in [-0.2, -0.15) is 5.10 Å². The molecule has 12 heavy (non-hydrogen) atoms. The Bertz CT molecular complexity index is 316. The maximum atomic E-state index is 5.09. The molecular formula is C8H15N3S. The van der Waals surface area contributed by atoms with E-state index in [0.717, 1.165) is 12.4 Å². The van der Waals surface area contributed by atoms with Gasteiger partial charge in [-0.1, -0.05) is 20.8 Å². The summed E-state index contributed by atoms with van der Waals surface area (Å²) in [5, 5.41) is 7.01. The van der Waals surface area contributed by atoms with Gasteiger partial charge in [0.15, 0.2) is 4.77 Å². The lowest BCUT2D eigenvalue weighted by atomic mass is 9.96. The standard InChI is InChI=1S/C8H15N3S/c1-5-11-6(8(2,3)4)9-10-7(11)12/h5H2,1-4H3,(H,10,12). The van der Waals surface area contributed by atoms with E-state index < -0.39 is 0 Å². The molecule has 0 aromatic carbocycles. The van der Waals surface area contributed by atoms with Gasteiger partial charge in [-0.05, 0) is 19.1 Å². The third kappa shape index (κ3) is 1.58. The second kappa shape index (κ2) is 3.01. The molecule has 0 bridgehead atoms. The molecule has 0 spiro atoms. The predicted molar refractivity (Wildman–Crippen MR) is 51.8 cm³/mol. The zero-order valence-electron chi connectivity index (χ0n) is 8.01. The molecule has 68 valence electrons. The summed E-state index contributed by atoms with van der Waals surface area (Å²) in [4.78, 5) is 0. The van der Waals surface area contributed by atoms with Crippen molar-refractivity contribution in [2.75, 3.05) is 0 Å². The molecule has 0 saturated heterocycles. The second-order valence-corrected chi connectivity index (χ2v) is 4.23. The fraction of sp³-hybridized carbons (Fsp3) is 0.750. The van der Waals surface area contributed by atoms with Crippen molar-refractivity contribution < 1.29 is 0 Å². The third-order valence-corrected chi connectivity index (χ3v) is 2.06.